The highest BCUT2D eigenvalue weighted by atomic mass is 16.5. The van der Waals surface area contributed by atoms with Gasteiger partial charge in [0.2, 0.25) is 0 Å². The van der Waals surface area contributed by atoms with E-state index in [0.717, 1.165) is 55.2 Å². The molecule has 3 nitrogen and oxygen atoms in total. The Morgan fingerprint density at radius 1 is 1.09 bits per heavy atom. The molecular weight excluding hydrogens is 276 g/mol. The molecule has 0 aliphatic heterocycles. The standard InChI is InChI=1S/C19H30O3/c1-5-8-10-15-12-17(14(4)19(21)22-7-3)13-16(18(15)20)11-9-6-2/h12-14,20H,5-11H2,1-4H3. The van der Waals surface area contributed by atoms with Crippen LogP contribution in [0.2, 0.25) is 0 Å². The lowest BCUT2D eigenvalue weighted by molar-refractivity contribution is -0.144. The summed E-state index contributed by atoms with van der Waals surface area (Å²) in [4.78, 5) is 12.0. The number of hydrogen-bond acceptors (Lipinski definition) is 3. The second kappa shape index (κ2) is 9.50. The molecule has 3 heteroatoms. The summed E-state index contributed by atoms with van der Waals surface area (Å²) >= 11 is 0. The van der Waals surface area contributed by atoms with E-state index in [9.17, 15) is 9.90 Å². The molecule has 124 valence electrons. The highest BCUT2D eigenvalue weighted by molar-refractivity contribution is 5.78. The Hall–Kier alpha value is -1.51. The summed E-state index contributed by atoms with van der Waals surface area (Å²) in [5, 5.41) is 10.5. The maximum Gasteiger partial charge on any atom is 0.313 e. The zero-order valence-electron chi connectivity index (χ0n) is 14.4. The van der Waals surface area contributed by atoms with Gasteiger partial charge >= 0.3 is 5.97 Å². The molecule has 1 N–H and O–H groups in total. The van der Waals surface area contributed by atoms with Crippen molar-refractivity contribution < 1.29 is 14.6 Å². The van der Waals surface area contributed by atoms with Crippen molar-refractivity contribution in [1.29, 1.82) is 0 Å². The van der Waals surface area contributed by atoms with Gasteiger partial charge in [-0.25, -0.2) is 0 Å². The van der Waals surface area contributed by atoms with Crippen LogP contribution < -0.4 is 0 Å². The van der Waals surface area contributed by atoms with Crippen LogP contribution in [0, 0.1) is 0 Å². The minimum Gasteiger partial charge on any atom is -0.507 e. The van der Waals surface area contributed by atoms with Crippen molar-refractivity contribution in [3.63, 3.8) is 0 Å². The zero-order chi connectivity index (χ0) is 16.5. The summed E-state index contributed by atoms with van der Waals surface area (Å²) in [5.74, 6) is -0.0703. The lowest BCUT2D eigenvalue weighted by Crippen LogP contribution is -2.13. The van der Waals surface area contributed by atoms with Gasteiger partial charge in [-0.1, -0.05) is 38.8 Å². The van der Waals surface area contributed by atoms with Crippen molar-refractivity contribution >= 4 is 5.97 Å². The first-order valence-electron chi connectivity index (χ1n) is 8.56. The first-order valence-corrected chi connectivity index (χ1v) is 8.56. The van der Waals surface area contributed by atoms with Crippen LogP contribution >= 0.6 is 0 Å². The van der Waals surface area contributed by atoms with Gasteiger partial charge in [-0.2, -0.15) is 0 Å². The molecule has 0 amide bonds. The largest absolute Gasteiger partial charge is 0.507 e. The molecule has 1 unspecified atom stereocenters. The number of benzene rings is 1. The van der Waals surface area contributed by atoms with E-state index in [1.165, 1.54) is 0 Å². The van der Waals surface area contributed by atoms with Gasteiger partial charge in [0.05, 0.1) is 12.5 Å². The van der Waals surface area contributed by atoms with Crippen LogP contribution in [0.1, 0.15) is 76.0 Å². The topological polar surface area (TPSA) is 46.5 Å². The number of carbonyl (C=O) groups excluding carboxylic acids is 1. The van der Waals surface area contributed by atoms with Gasteiger partial charge in [-0.05, 0) is 56.2 Å². The fraction of sp³-hybridized carbons (Fsp3) is 0.632. The molecular formula is C19H30O3. The lowest BCUT2D eigenvalue weighted by atomic mass is 9.92. The predicted octanol–water partition coefficient (Wildman–Crippen LogP) is 4.74. The van der Waals surface area contributed by atoms with Crippen LogP contribution in [0.25, 0.3) is 0 Å². The molecule has 0 aromatic heterocycles. The van der Waals surface area contributed by atoms with E-state index in [-0.39, 0.29) is 11.9 Å². The molecule has 0 saturated heterocycles. The molecule has 1 rings (SSSR count). The van der Waals surface area contributed by atoms with Gasteiger partial charge in [-0.3, -0.25) is 4.79 Å². The summed E-state index contributed by atoms with van der Waals surface area (Å²) < 4.78 is 5.13. The van der Waals surface area contributed by atoms with Crippen LogP contribution in [-0.4, -0.2) is 17.7 Å². The molecule has 0 aliphatic carbocycles. The quantitative estimate of drug-likeness (QED) is 0.670. The van der Waals surface area contributed by atoms with E-state index in [1.807, 2.05) is 26.0 Å². The number of hydrogen-bond donors (Lipinski definition) is 1. The lowest BCUT2D eigenvalue weighted by Gasteiger charge is -2.16. The Kier molecular flexibility index (Phi) is 8.00. The van der Waals surface area contributed by atoms with Gasteiger partial charge in [0.25, 0.3) is 0 Å². The second-order valence-electron chi connectivity index (χ2n) is 5.87. The van der Waals surface area contributed by atoms with E-state index in [4.69, 9.17) is 4.74 Å². The number of phenols is 1. The molecule has 1 aromatic rings. The van der Waals surface area contributed by atoms with Crippen molar-refractivity contribution in [1.82, 2.24) is 0 Å². The van der Waals surface area contributed by atoms with Crippen LogP contribution in [0.15, 0.2) is 12.1 Å². The minimum atomic E-state index is -0.290. The van der Waals surface area contributed by atoms with Crippen LogP contribution in [0.4, 0.5) is 0 Å². The molecule has 0 aliphatic rings. The van der Waals surface area contributed by atoms with Crippen LogP contribution in [0.5, 0.6) is 5.75 Å². The number of rotatable bonds is 9. The maximum atomic E-state index is 12.0. The molecule has 0 saturated carbocycles. The molecule has 0 fully saturated rings. The van der Waals surface area contributed by atoms with Crippen molar-refractivity contribution in [2.24, 2.45) is 0 Å². The molecule has 22 heavy (non-hydrogen) atoms. The number of phenolic OH excluding ortho intramolecular Hbond substituents is 1. The molecule has 0 bridgehead atoms. The van der Waals surface area contributed by atoms with Crippen molar-refractivity contribution in [3.8, 4) is 5.75 Å². The third-order valence-electron chi connectivity index (χ3n) is 4.03. The molecule has 1 atom stereocenters. The average molecular weight is 306 g/mol. The van der Waals surface area contributed by atoms with Gasteiger partial charge in [0.15, 0.2) is 0 Å². The second-order valence-corrected chi connectivity index (χ2v) is 5.87. The van der Waals surface area contributed by atoms with Crippen molar-refractivity contribution in [2.75, 3.05) is 6.61 Å². The molecule has 0 radical (unpaired) electrons. The predicted molar refractivity (Wildman–Crippen MR) is 90.4 cm³/mol. The van der Waals surface area contributed by atoms with Crippen molar-refractivity contribution in [2.45, 2.75) is 72.1 Å². The van der Waals surface area contributed by atoms with E-state index in [0.29, 0.717) is 12.4 Å². The SMILES string of the molecule is CCCCc1cc(C(C)C(=O)OCC)cc(CCCC)c1O. The summed E-state index contributed by atoms with van der Waals surface area (Å²) in [5.41, 5.74) is 2.87. The Morgan fingerprint density at radius 3 is 2.00 bits per heavy atom. The summed E-state index contributed by atoms with van der Waals surface area (Å²) in [6.07, 6.45) is 5.95. The number of ether oxygens (including phenoxy) is 1. The molecule has 0 heterocycles. The number of unbranched alkanes of at least 4 members (excludes halogenated alkanes) is 2. The Balaban J connectivity index is 3.11. The van der Waals surface area contributed by atoms with Crippen molar-refractivity contribution in [3.05, 3.63) is 28.8 Å². The normalized spacial score (nSPS) is 12.2. The fourth-order valence-corrected chi connectivity index (χ4v) is 2.56. The summed E-state index contributed by atoms with van der Waals surface area (Å²) in [6, 6.07) is 3.95. The first-order chi connectivity index (χ1) is 10.5. The van der Waals surface area contributed by atoms with Crippen LogP contribution in [0.3, 0.4) is 0 Å². The van der Waals surface area contributed by atoms with Gasteiger partial charge < -0.3 is 9.84 Å². The highest BCUT2D eigenvalue weighted by Gasteiger charge is 2.19. The smallest absolute Gasteiger partial charge is 0.313 e. The molecule has 1 aromatic carbocycles. The first kappa shape index (κ1) is 18.5. The minimum absolute atomic E-state index is 0.198. The van der Waals surface area contributed by atoms with Crippen LogP contribution in [-0.2, 0) is 22.4 Å². The highest BCUT2D eigenvalue weighted by Crippen LogP contribution is 2.31. The zero-order valence-corrected chi connectivity index (χ0v) is 14.4. The molecule has 0 spiro atoms. The monoisotopic (exact) mass is 306 g/mol. The third-order valence-corrected chi connectivity index (χ3v) is 4.03. The number of aromatic hydroxyl groups is 1. The Labute approximate surface area is 134 Å². The Bertz CT molecular complexity index is 451. The van der Waals surface area contributed by atoms with E-state index >= 15 is 0 Å². The maximum absolute atomic E-state index is 12.0. The van der Waals surface area contributed by atoms with E-state index < -0.39 is 0 Å². The number of carbonyl (C=O) groups is 1. The third kappa shape index (κ3) is 5.04. The number of esters is 1. The Morgan fingerprint density at radius 2 is 1.59 bits per heavy atom. The van der Waals surface area contributed by atoms with Gasteiger partial charge in [0, 0.05) is 0 Å². The van der Waals surface area contributed by atoms with Gasteiger partial charge in [0.1, 0.15) is 5.75 Å². The fourth-order valence-electron chi connectivity index (χ4n) is 2.56. The average Bonchev–Trinajstić information content (AvgIpc) is 2.52. The van der Waals surface area contributed by atoms with Gasteiger partial charge in [-0.15, -0.1) is 0 Å². The van der Waals surface area contributed by atoms with E-state index in [2.05, 4.69) is 13.8 Å². The van der Waals surface area contributed by atoms with E-state index in [1.54, 1.807) is 0 Å². The summed E-state index contributed by atoms with van der Waals surface area (Å²) in [7, 11) is 0. The summed E-state index contributed by atoms with van der Waals surface area (Å²) in [6.45, 7) is 8.37. The number of aryl methyl sites for hydroxylation is 2.